The molecule has 0 saturated carbocycles. The zero-order valence-corrected chi connectivity index (χ0v) is 12.2. The Kier molecular flexibility index (Phi) is 23.5. The molecule has 0 aliphatic carbocycles. The quantitative estimate of drug-likeness (QED) is 0.453. The maximum absolute atomic E-state index is 8.59. The summed E-state index contributed by atoms with van der Waals surface area (Å²) in [5.74, 6) is 0. The Morgan fingerprint density at radius 3 is 1.00 bits per heavy atom. The van der Waals surface area contributed by atoms with Gasteiger partial charge in [-0.25, -0.2) is 0 Å². The van der Waals surface area contributed by atoms with Gasteiger partial charge in [-0.1, -0.05) is 0 Å². The number of rotatable bonds is 0. The Balaban J connectivity index is -0.0000000771. The normalized spacial score (nSPS) is 7.78. The van der Waals surface area contributed by atoms with E-state index in [1.165, 1.54) is 33.7 Å². The predicted octanol–water partition coefficient (Wildman–Crippen LogP) is -2.46. The molecule has 0 radical (unpaired) electrons. The predicted molar refractivity (Wildman–Crippen MR) is 33.8 cm³/mol. The van der Waals surface area contributed by atoms with E-state index < -0.39 is 13.4 Å². The third-order valence-electron chi connectivity index (χ3n) is 0. The average molecular weight is 347 g/mol. The molecular formula is Ga2O4S2Se. The van der Waals surface area contributed by atoms with E-state index >= 15 is 0 Å². The summed E-state index contributed by atoms with van der Waals surface area (Å²) in [6.07, 6.45) is 0. The van der Waals surface area contributed by atoms with Gasteiger partial charge in [0.05, 0.1) is 0 Å². The van der Waals surface area contributed by atoms with Crippen molar-refractivity contribution < 1.29 is 16.0 Å². The van der Waals surface area contributed by atoms with Gasteiger partial charge in [-0.3, -0.25) is 0 Å². The minimum atomic E-state index is -5.75. The molecule has 0 bridgehead atoms. The fourth-order valence-electron chi connectivity index (χ4n) is 0. The Morgan fingerprint density at radius 1 is 1.00 bits per heavy atom. The van der Waals surface area contributed by atoms with Crippen LogP contribution in [0.3, 0.4) is 0 Å². The van der Waals surface area contributed by atoms with Crippen molar-refractivity contribution >= 4 is 67.2 Å². The first-order chi connectivity index (χ1) is 4.00. The molecule has 0 saturated heterocycles. The summed E-state index contributed by atoms with van der Waals surface area (Å²) in [5, 5.41) is 0. The first kappa shape index (κ1) is 17.0. The van der Waals surface area contributed by atoms with Crippen molar-refractivity contribution in [2.24, 2.45) is 0 Å². The van der Waals surface area contributed by atoms with Crippen LogP contribution in [0.1, 0.15) is 0 Å². The van der Waals surface area contributed by atoms with Crippen LogP contribution < -0.4 is 8.38 Å². The Labute approximate surface area is 82.3 Å². The first-order valence-corrected chi connectivity index (χ1v) is 10.8. The zero-order chi connectivity index (χ0) is 8.50. The standard InChI is InChI=1S/2Ga.H2O4Se.2S/c;;1-5(2,3)4;;/h;;(H2,1,2,3,4);;/q2*+1;;;/p-2. The van der Waals surface area contributed by atoms with E-state index in [-0.39, 0.29) is 0 Å². The molecular weight excluding hydrogens is 347 g/mol. The molecule has 0 aromatic heterocycles. The van der Waals surface area contributed by atoms with Crippen LogP contribution in [0.2, 0.25) is 0 Å². The van der Waals surface area contributed by atoms with E-state index in [0.29, 0.717) is 0 Å². The van der Waals surface area contributed by atoms with Gasteiger partial charge < -0.3 is 0 Å². The second-order valence-corrected chi connectivity index (χ2v) is 2.12. The van der Waals surface area contributed by atoms with Crippen LogP contribution in [-0.4, -0.2) is 47.0 Å². The molecule has 0 fully saturated rings. The topological polar surface area (TPSA) is 80.3 Å². The molecule has 0 atom stereocenters. The fourth-order valence-corrected chi connectivity index (χ4v) is 0. The van der Waals surface area contributed by atoms with Crippen molar-refractivity contribution in [3.63, 3.8) is 0 Å². The van der Waals surface area contributed by atoms with E-state index in [9.17, 15) is 0 Å². The van der Waals surface area contributed by atoms with Gasteiger partial charge in [0.25, 0.3) is 0 Å². The molecule has 0 N–H and O–H groups in total. The Morgan fingerprint density at radius 2 is 1.00 bits per heavy atom. The van der Waals surface area contributed by atoms with Gasteiger partial charge >= 0.3 is 83.2 Å². The van der Waals surface area contributed by atoms with Crippen molar-refractivity contribution in [2.75, 3.05) is 0 Å². The third-order valence-corrected chi connectivity index (χ3v) is 0. The molecule has 0 aliphatic rings. The van der Waals surface area contributed by atoms with Gasteiger partial charge in [0.15, 0.2) is 0 Å². The second kappa shape index (κ2) is 12.4. The van der Waals surface area contributed by atoms with E-state index in [1.807, 2.05) is 0 Å². The van der Waals surface area contributed by atoms with Gasteiger partial charge in [-0.2, -0.15) is 0 Å². The molecule has 9 heteroatoms. The molecule has 9 heavy (non-hydrogen) atoms. The van der Waals surface area contributed by atoms with E-state index in [0.717, 1.165) is 0 Å². The minimum absolute atomic E-state index is 1.27. The molecule has 0 aromatic rings. The van der Waals surface area contributed by atoms with Crippen LogP contribution in [0, 0.1) is 0 Å². The van der Waals surface area contributed by atoms with Gasteiger partial charge in [0.2, 0.25) is 0 Å². The summed E-state index contributed by atoms with van der Waals surface area (Å²) in [6, 6.07) is 0. The third kappa shape index (κ3) is 191. The molecule has 4 nitrogen and oxygen atoms in total. The second-order valence-electron chi connectivity index (χ2n) is 0.408. The monoisotopic (exact) mass is 346 g/mol. The van der Waals surface area contributed by atoms with Crippen molar-refractivity contribution in [1.82, 2.24) is 0 Å². The molecule has 0 spiro atoms. The van der Waals surface area contributed by atoms with Crippen molar-refractivity contribution in [1.29, 1.82) is 0 Å². The van der Waals surface area contributed by atoms with Crippen LogP contribution in [0.15, 0.2) is 0 Å². The van der Waals surface area contributed by atoms with Crippen molar-refractivity contribution in [3.8, 4) is 0 Å². The van der Waals surface area contributed by atoms with Crippen LogP contribution >= 0.6 is 20.1 Å². The van der Waals surface area contributed by atoms with Gasteiger partial charge in [0, 0.05) is 0 Å². The number of hydrogen-bond acceptors (Lipinski definition) is 6. The molecule has 0 heterocycles. The summed E-state index contributed by atoms with van der Waals surface area (Å²) in [4.78, 5) is 0. The van der Waals surface area contributed by atoms with Crippen molar-refractivity contribution in [2.45, 2.75) is 0 Å². The number of hydrogen-bond donors (Lipinski definition) is 0. The van der Waals surface area contributed by atoms with E-state index in [4.69, 9.17) is 16.0 Å². The molecule has 0 unspecified atom stereocenters. The van der Waals surface area contributed by atoms with Crippen molar-refractivity contribution in [3.05, 3.63) is 0 Å². The van der Waals surface area contributed by atoms with Gasteiger partial charge in [-0.05, 0) is 0 Å². The van der Waals surface area contributed by atoms with E-state index in [2.05, 4.69) is 20.1 Å². The Hall–Kier alpha value is 1.75. The van der Waals surface area contributed by atoms with Gasteiger partial charge in [0.1, 0.15) is 0 Å². The van der Waals surface area contributed by atoms with Crippen LogP contribution in [0.25, 0.3) is 0 Å². The average Bonchev–Trinajstić information content (AvgIpc) is 1.72. The zero-order valence-electron chi connectivity index (χ0n) is 4.01. The summed E-state index contributed by atoms with van der Waals surface area (Å²) in [6.45, 7) is 0. The van der Waals surface area contributed by atoms with Gasteiger partial charge in [-0.15, -0.1) is 0 Å². The van der Waals surface area contributed by atoms with Crippen LogP contribution in [0.5, 0.6) is 0 Å². The summed E-state index contributed by atoms with van der Waals surface area (Å²) >= 11 is -3.21. The van der Waals surface area contributed by atoms with Crippen LogP contribution in [-0.2, 0) is 7.67 Å². The summed E-state index contributed by atoms with van der Waals surface area (Å²) in [5.41, 5.74) is 0. The molecule has 0 rings (SSSR count). The summed E-state index contributed by atoms with van der Waals surface area (Å²) < 4.78 is 34.4. The molecule has 0 aliphatic heterocycles. The molecule has 48 valence electrons. The maximum atomic E-state index is 8.59. The SMILES string of the molecule is O=[Se](=O)([O-])[O-].[S]=[Ga+].[S]=[Ga+]. The molecule has 0 aromatic carbocycles. The molecule has 0 amide bonds. The first-order valence-electron chi connectivity index (χ1n) is 1.14. The Bertz CT molecular complexity index is 120. The van der Waals surface area contributed by atoms with Crippen LogP contribution in [0.4, 0.5) is 0 Å². The summed E-state index contributed by atoms with van der Waals surface area (Å²) in [7, 11) is 8.29. The van der Waals surface area contributed by atoms with E-state index in [1.54, 1.807) is 0 Å². The fraction of sp³-hybridized carbons (Fsp3) is 0.